The minimum atomic E-state index is -0.883. The van der Waals surface area contributed by atoms with Gasteiger partial charge in [0.05, 0.1) is 17.9 Å². The van der Waals surface area contributed by atoms with Gasteiger partial charge in [-0.05, 0) is 31.9 Å². The van der Waals surface area contributed by atoms with Gasteiger partial charge in [-0.25, -0.2) is 4.98 Å². The molecule has 0 atom stereocenters. The van der Waals surface area contributed by atoms with E-state index in [0.717, 1.165) is 16.6 Å². The fraction of sp³-hybridized carbons (Fsp3) is 0.333. The number of pyridine rings is 1. The maximum absolute atomic E-state index is 9.66. The number of hydrogen-bond donors (Lipinski definition) is 2. The summed E-state index contributed by atoms with van der Waals surface area (Å²) in [6.07, 6.45) is 7.41. The molecule has 104 valence electrons. The van der Waals surface area contributed by atoms with Gasteiger partial charge in [0.1, 0.15) is 18.0 Å². The third kappa shape index (κ3) is 3.59. The number of rotatable bonds is 5. The number of fused-ring (bicyclic) bond motifs is 1. The second kappa shape index (κ2) is 5.76. The van der Waals surface area contributed by atoms with Gasteiger partial charge < -0.3 is 14.8 Å². The van der Waals surface area contributed by atoms with E-state index in [0.29, 0.717) is 12.2 Å². The van der Waals surface area contributed by atoms with E-state index in [2.05, 4.69) is 9.97 Å². The minimum Gasteiger partial charge on any atom is -0.489 e. The average molecular weight is 271 g/mol. The lowest BCUT2D eigenvalue weighted by atomic mass is 10.1. The summed E-state index contributed by atoms with van der Waals surface area (Å²) in [6.45, 7) is 3.58. The van der Waals surface area contributed by atoms with E-state index in [-0.39, 0.29) is 6.61 Å². The van der Waals surface area contributed by atoms with Crippen LogP contribution in [0.3, 0.4) is 0 Å². The van der Waals surface area contributed by atoms with Crippen LogP contribution in [0.4, 0.5) is 0 Å². The first kappa shape index (κ1) is 14.1. The number of H-pyrrole nitrogens is 1. The molecule has 5 heteroatoms. The number of allylic oxidation sites excluding steroid dienone is 2. The third-order valence-electron chi connectivity index (χ3n) is 2.71. The summed E-state index contributed by atoms with van der Waals surface area (Å²) in [5.41, 5.74) is 0.944. The van der Waals surface area contributed by atoms with Crippen molar-refractivity contribution in [3.63, 3.8) is 0 Å². The molecule has 20 heavy (non-hydrogen) atoms. The van der Waals surface area contributed by atoms with Crippen molar-refractivity contribution in [3.8, 4) is 11.8 Å². The van der Waals surface area contributed by atoms with Crippen LogP contribution in [0.1, 0.15) is 19.4 Å². The smallest absolute Gasteiger partial charge is 0.138 e. The molecule has 0 saturated carbocycles. The lowest BCUT2D eigenvalue weighted by Crippen LogP contribution is -2.27. The van der Waals surface area contributed by atoms with Crippen LogP contribution in [0, 0.1) is 11.3 Å². The van der Waals surface area contributed by atoms with Crippen molar-refractivity contribution < 1.29 is 9.84 Å². The van der Waals surface area contributed by atoms with E-state index in [1.165, 1.54) is 6.08 Å². The van der Waals surface area contributed by atoms with Gasteiger partial charge in [-0.1, -0.05) is 6.08 Å². The summed E-state index contributed by atoms with van der Waals surface area (Å²) in [6, 6.07) is 3.86. The van der Waals surface area contributed by atoms with Gasteiger partial charge >= 0.3 is 0 Å². The number of hydrogen-bond acceptors (Lipinski definition) is 4. The maximum atomic E-state index is 9.66. The van der Waals surface area contributed by atoms with E-state index in [1.54, 1.807) is 26.1 Å². The summed E-state index contributed by atoms with van der Waals surface area (Å²) in [5.74, 6) is 0.615. The molecule has 0 aliphatic heterocycles. The van der Waals surface area contributed by atoms with E-state index >= 15 is 0 Å². The molecule has 5 nitrogen and oxygen atoms in total. The summed E-state index contributed by atoms with van der Waals surface area (Å²) >= 11 is 0. The topological polar surface area (TPSA) is 81.9 Å². The molecular weight excluding hydrogens is 254 g/mol. The maximum Gasteiger partial charge on any atom is 0.138 e. The van der Waals surface area contributed by atoms with Crippen molar-refractivity contribution >= 4 is 11.0 Å². The zero-order chi connectivity index (χ0) is 14.6. The minimum absolute atomic E-state index is 0.203. The summed E-state index contributed by atoms with van der Waals surface area (Å²) in [5, 5.41) is 19.1. The van der Waals surface area contributed by atoms with Gasteiger partial charge in [-0.3, -0.25) is 0 Å². The summed E-state index contributed by atoms with van der Waals surface area (Å²) < 4.78 is 5.53. The summed E-state index contributed by atoms with van der Waals surface area (Å²) in [4.78, 5) is 7.36. The van der Waals surface area contributed by atoms with Crippen molar-refractivity contribution in [3.05, 3.63) is 36.2 Å². The molecule has 0 spiro atoms. The largest absolute Gasteiger partial charge is 0.489 e. The molecule has 2 rings (SSSR count). The highest BCUT2D eigenvalue weighted by molar-refractivity contribution is 5.81. The van der Waals surface area contributed by atoms with Crippen LogP contribution >= 0.6 is 0 Å². The van der Waals surface area contributed by atoms with Gasteiger partial charge in [0.15, 0.2) is 0 Å². The first-order valence-corrected chi connectivity index (χ1v) is 6.35. The Labute approximate surface area is 117 Å². The Kier molecular flexibility index (Phi) is 4.06. The fourth-order valence-corrected chi connectivity index (χ4v) is 1.78. The molecule has 2 heterocycles. The van der Waals surface area contributed by atoms with Crippen molar-refractivity contribution in [1.82, 2.24) is 9.97 Å². The molecule has 2 N–H and O–H groups in total. The second-order valence-corrected chi connectivity index (χ2v) is 5.22. The van der Waals surface area contributed by atoms with Crippen LogP contribution in [0.5, 0.6) is 5.75 Å². The van der Waals surface area contributed by atoms with E-state index in [1.807, 2.05) is 18.3 Å². The molecule has 0 saturated heterocycles. The second-order valence-electron chi connectivity index (χ2n) is 5.22. The zero-order valence-corrected chi connectivity index (χ0v) is 11.6. The highest BCUT2D eigenvalue weighted by Gasteiger charge is 2.14. The van der Waals surface area contributed by atoms with Gasteiger partial charge in [-0.15, -0.1) is 0 Å². The molecular formula is C15H17N3O2. The number of ether oxygens (including phenoxy) is 1. The van der Waals surface area contributed by atoms with Crippen LogP contribution in [0.15, 0.2) is 30.6 Å². The molecule has 0 unspecified atom stereocenters. The van der Waals surface area contributed by atoms with Crippen molar-refractivity contribution in [2.75, 3.05) is 6.61 Å². The van der Waals surface area contributed by atoms with Gasteiger partial charge in [0.2, 0.25) is 0 Å². The van der Waals surface area contributed by atoms with E-state index in [4.69, 9.17) is 10.00 Å². The first-order valence-electron chi connectivity index (χ1n) is 6.35. The first-order chi connectivity index (χ1) is 9.49. The van der Waals surface area contributed by atoms with Crippen LogP contribution in [-0.4, -0.2) is 27.3 Å². The molecule has 0 fully saturated rings. The molecule has 2 aromatic heterocycles. The van der Waals surface area contributed by atoms with Gasteiger partial charge in [0, 0.05) is 17.7 Å². The Morgan fingerprint density at radius 3 is 3.05 bits per heavy atom. The van der Waals surface area contributed by atoms with Crippen LogP contribution in [0.25, 0.3) is 11.0 Å². The average Bonchev–Trinajstić information content (AvgIpc) is 2.79. The quantitative estimate of drug-likeness (QED) is 0.818. The Morgan fingerprint density at radius 1 is 1.55 bits per heavy atom. The molecule has 0 aliphatic carbocycles. The predicted molar refractivity (Wildman–Crippen MR) is 76.3 cm³/mol. The number of nitrogens with one attached hydrogen (secondary N) is 1. The Morgan fingerprint density at radius 2 is 2.35 bits per heavy atom. The molecule has 0 radical (unpaired) electrons. The Balaban J connectivity index is 2.21. The number of aliphatic hydroxyl groups is 1. The fourth-order valence-electron chi connectivity index (χ4n) is 1.78. The molecule has 0 aromatic carbocycles. The highest BCUT2D eigenvalue weighted by atomic mass is 16.5. The zero-order valence-electron chi connectivity index (χ0n) is 11.6. The normalized spacial score (nSPS) is 11.9. The molecule has 0 amide bonds. The lowest BCUT2D eigenvalue weighted by Gasteiger charge is -2.17. The SMILES string of the molecule is CC(C)(O)COc1cnc2[nH]cc(CC=CC#N)c2c1. The standard InChI is InChI=1S/C15H17N3O2/c1-15(2,19)10-20-12-7-13-11(5-3-4-6-16)8-17-14(13)18-9-12/h3-4,7-9,19H,5,10H2,1-2H3,(H,17,18). The Bertz CT molecular complexity index is 660. The van der Waals surface area contributed by atoms with E-state index in [9.17, 15) is 5.11 Å². The van der Waals surface area contributed by atoms with Crippen molar-refractivity contribution in [2.45, 2.75) is 25.9 Å². The third-order valence-corrected chi connectivity index (χ3v) is 2.71. The van der Waals surface area contributed by atoms with Crippen LogP contribution < -0.4 is 4.74 Å². The number of nitriles is 1. The summed E-state index contributed by atoms with van der Waals surface area (Å²) in [7, 11) is 0. The monoisotopic (exact) mass is 271 g/mol. The van der Waals surface area contributed by atoms with Gasteiger partial charge in [0.25, 0.3) is 0 Å². The van der Waals surface area contributed by atoms with E-state index < -0.39 is 5.60 Å². The van der Waals surface area contributed by atoms with Crippen LogP contribution in [0.2, 0.25) is 0 Å². The lowest BCUT2D eigenvalue weighted by molar-refractivity contribution is 0.0284. The molecule has 0 bridgehead atoms. The van der Waals surface area contributed by atoms with Crippen molar-refractivity contribution in [1.29, 1.82) is 5.26 Å². The number of aromatic amines is 1. The number of aromatic nitrogens is 2. The van der Waals surface area contributed by atoms with Gasteiger partial charge in [-0.2, -0.15) is 5.26 Å². The number of nitrogens with zero attached hydrogens (tertiary/aromatic N) is 2. The highest BCUT2D eigenvalue weighted by Crippen LogP contribution is 2.22. The van der Waals surface area contributed by atoms with Crippen molar-refractivity contribution in [2.24, 2.45) is 0 Å². The van der Waals surface area contributed by atoms with Crippen LogP contribution in [-0.2, 0) is 6.42 Å². The predicted octanol–water partition coefficient (Wildman–Crippen LogP) is 2.33. The Hall–Kier alpha value is -2.32. The molecule has 0 aliphatic rings. The molecule has 2 aromatic rings.